The predicted molar refractivity (Wildman–Crippen MR) is 121 cm³/mol. The topological polar surface area (TPSA) is 113 Å². The molecule has 0 aliphatic carbocycles. The zero-order chi connectivity index (χ0) is 25.0. The van der Waals surface area contributed by atoms with E-state index in [4.69, 9.17) is 4.74 Å². The largest absolute Gasteiger partial charge is 0.424 e. The Bertz CT molecular complexity index is 1060. The number of benzene rings is 1. The molecule has 0 saturated carbocycles. The summed E-state index contributed by atoms with van der Waals surface area (Å²) in [6, 6.07) is 5.08. The van der Waals surface area contributed by atoms with Crippen LogP contribution in [0.1, 0.15) is 26.3 Å². The van der Waals surface area contributed by atoms with Crippen molar-refractivity contribution in [1.82, 2.24) is 15.6 Å². The summed E-state index contributed by atoms with van der Waals surface area (Å²) in [5.41, 5.74) is -0.0180. The number of hydrogen-bond acceptors (Lipinski definition) is 6. The van der Waals surface area contributed by atoms with Gasteiger partial charge in [-0.2, -0.15) is 0 Å². The third kappa shape index (κ3) is 5.30. The molecule has 0 bridgehead atoms. The number of ether oxygens (including phenoxy) is 1. The van der Waals surface area contributed by atoms with Crippen molar-refractivity contribution in [3.8, 4) is 0 Å². The summed E-state index contributed by atoms with van der Waals surface area (Å²) in [5, 5.41) is 7.59. The van der Waals surface area contributed by atoms with Gasteiger partial charge < -0.3 is 15.4 Å². The Morgan fingerprint density at radius 3 is 2.41 bits per heavy atom. The van der Waals surface area contributed by atoms with Crippen molar-refractivity contribution in [2.45, 2.75) is 45.5 Å². The lowest BCUT2D eigenvalue weighted by Gasteiger charge is -2.31. The molecule has 1 aliphatic rings. The third-order valence-electron chi connectivity index (χ3n) is 5.51. The van der Waals surface area contributed by atoms with Crippen LogP contribution >= 0.6 is 0 Å². The van der Waals surface area contributed by atoms with Gasteiger partial charge in [0.2, 0.25) is 5.91 Å². The molecule has 3 rings (SSSR count). The van der Waals surface area contributed by atoms with Crippen molar-refractivity contribution in [3.63, 3.8) is 0 Å². The molecule has 0 radical (unpaired) electrons. The minimum Gasteiger partial charge on any atom is -0.424 e. The van der Waals surface area contributed by atoms with E-state index in [1.807, 2.05) is 0 Å². The van der Waals surface area contributed by atoms with Crippen molar-refractivity contribution in [2.75, 3.05) is 17.3 Å². The first-order chi connectivity index (χ1) is 16.1. The summed E-state index contributed by atoms with van der Waals surface area (Å²) in [5.74, 6) is -2.86. The van der Waals surface area contributed by atoms with E-state index in [0.717, 1.165) is 18.2 Å². The van der Waals surface area contributed by atoms with Gasteiger partial charge in [-0.05, 0) is 38.1 Å². The fourth-order valence-corrected chi connectivity index (χ4v) is 3.51. The van der Waals surface area contributed by atoms with Crippen LogP contribution in [0.4, 0.5) is 25.1 Å². The number of nitrogens with zero attached hydrogens (tertiary/aromatic N) is 2. The van der Waals surface area contributed by atoms with Crippen LogP contribution in [0.2, 0.25) is 0 Å². The van der Waals surface area contributed by atoms with E-state index in [1.165, 1.54) is 11.1 Å². The number of nitrogens with one attached hydrogen (secondary N) is 3. The van der Waals surface area contributed by atoms with Crippen LogP contribution in [0.25, 0.3) is 0 Å². The Morgan fingerprint density at radius 2 is 1.79 bits per heavy atom. The molecule has 34 heavy (non-hydrogen) atoms. The lowest BCUT2D eigenvalue weighted by atomic mass is 10.0. The molecule has 0 fully saturated rings. The van der Waals surface area contributed by atoms with Gasteiger partial charge >= 0.3 is 6.09 Å². The molecule has 1 aliphatic heterocycles. The molecule has 3 atom stereocenters. The van der Waals surface area contributed by atoms with Gasteiger partial charge in [-0.15, -0.1) is 0 Å². The molecule has 3 amide bonds. The number of carbonyl (C=O) groups excluding carboxylic acids is 3. The summed E-state index contributed by atoms with van der Waals surface area (Å²) in [4.78, 5) is 44.0. The molecule has 182 valence electrons. The van der Waals surface area contributed by atoms with Crippen LogP contribution in [-0.4, -0.2) is 48.3 Å². The maximum Gasteiger partial charge on any atom is 0.413 e. The number of anilines is 2. The van der Waals surface area contributed by atoms with Gasteiger partial charge in [0.15, 0.2) is 6.23 Å². The minimum absolute atomic E-state index is 0.119. The van der Waals surface area contributed by atoms with Gasteiger partial charge in [-0.3, -0.25) is 19.8 Å². The highest BCUT2D eigenvalue weighted by Crippen LogP contribution is 2.32. The van der Waals surface area contributed by atoms with E-state index in [-0.39, 0.29) is 24.1 Å². The molecule has 3 N–H and O–H groups in total. The van der Waals surface area contributed by atoms with Gasteiger partial charge in [0.05, 0.1) is 6.04 Å². The maximum absolute atomic E-state index is 13.9. The smallest absolute Gasteiger partial charge is 0.413 e. The molecule has 2 heterocycles. The van der Waals surface area contributed by atoms with Gasteiger partial charge in [-0.25, -0.2) is 18.6 Å². The Balaban J connectivity index is 1.85. The van der Waals surface area contributed by atoms with Crippen molar-refractivity contribution in [2.24, 2.45) is 5.92 Å². The number of rotatable bonds is 7. The molecule has 0 saturated heterocycles. The van der Waals surface area contributed by atoms with Crippen LogP contribution in [0.15, 0.2) is 36.5 Å². The maximum atomic E-state index is 13.9. The van der Waals surface area contributed by atoms with Crippen LogP contribution in [0.5, 0.6) is 0 Å². The highest BCUT2D eigenvalue weighted by molar-refractivity contribution is 6.01. The SMILES string of the molecule is CN[C@@H](C)C(=O)N[C@H](C(=O)N1c2ncccc2C[C@@H]1OC(=O)Nc1c(F)cccc1F)C(C)C. The predicted octanol–water partition coefficient (Wildman–Crippen LogP) is 2.57. The normalized spacial score (nSPS) is 16.6. The average molecular weight is 475 g/mol. The molecule has 2 aromatic rings. The van der Waals surface area contributed by atoms with Gasteiger partial charge in [0.1, 0.15) is 29.2 Å². The number of likely N-dealkylation sites (N-methyl/N-ethyl adjacent to an activating group) is 1. The van der Waals surface area contributed by atoms with Crippen LogP contribution in [0, 0.1) is 17.6 Å². The summed E-state index contributed by atoms with van der Waals surface area (Å²) < 4.78 is 33.3. The second kappa shape index (κ2) is 10.6. The molecule has 1 aromatic carbocycles. The highest BCUT2D eigenvalue weighted by Gasteiger charge is 2.42. The Morgan fingerprint density at radius 1 is 1.12 bits per heavy atom. The fraction of sp³-hybridized carbons (Fsp3) is 0.391. The second-order valence-electron chi connectivity index (χ2n) is 8.22. The average Bonchev–Trinajstić information content (AvgIpc) is 3.16. The van der Waals surface area contributed by atoms with Crippen LogP contribution in [-0.2, 0) is 20.7 Å². The lowest BCUT2D eigenvalue weighted by Crippen LogP contribution is -2.56. The molecule has 0 spiro atoms. The van der Waals surface area contributed by atoms with E-state index in [9.17, 15) is 23.2 Å². The highest BCUT2D eigenvalue weighted by atomic mass is 19.1. The van der Waals surface area contributed by atoms with E-state index in [1.54, 1.807) is 40.0 Å². The van der Waals surface area contributed by atoms with Crippen molar-refractivity contribution in [3.05, 3.63) is 53.7 Å². The summed E-state index contributed by atoms with van der Waals surface area (Å²) in [7, 11) is 1.62. The summed E-state index contributed by atoms with van der Waals surface area (Å²) >= 11 is 0. The Labute approximate surface area is 195 Å². The monoisotopic (exact) mass is 475 g/mol. The first-order valence-corrected chi connectivity index (χ1v) is 10.8. The zero-order valence-electron chi connectivity index (χ0n) is 19.3. The number of para-hydroxylation sites is 1. The number of pyridine rings is 1. The number of halogens is 2. The van der Waals surface area contributed by atoms with E-state index < -0.39 is 47.6 Å². The number of aromatic nitrogens is 1. The standard InChI is InChI=1S/C23H27F2N5O4/c1-12(2)18(28-21(31)13(3)26-4)22(32)30-17(11-14-7-6-10-27-20(14)30)34-23(33)29-19-15(24)8-5-9-16(19)25/h5-10,12-13,17-18,26H,11H2,1-4H3,(H,28,31)(H,29,33)/t13-,17-,18-/m0/s1. The number of carbonyl (C=O) groups is 3. The second-order valence-corrected chi connectivity index (χ2v) is 8.22. The third-order valence-corrected chi connectivity index (χ3v) is 5.51. The molecular weight excluding hydrogens is 448 g/mol. The first kappa shape index (κ1) is 25.0. The zero-order valence-corrected chi connectivity index (χ0v) is 19.3. The van der Waals surface area contributed by atoms with Crippen LogP contribution < -0.4 is 20.9 Å². The number of hydrogen-bond donors (Lipinski definition) is 3. The molecule has 9 nitrogen and oxygen atoms in total. The Kier molecular flexibility index (Phi) is 7.77. The number of fused-ring (bicyclic) bond motifs is 1. The number of amides is 3. The minimum atomic E-state index is -1.14. The van der Waals surface area contributed by atoms with Gasteiger partial charge in [-0.1, -0.05) is 26.0 Å². The van der Waals surface area contributed by atoms with Crippen molar-refractivity contribution >= 4 is 29.4 Å². The molecule has 11 heteroatoms. The lowest BCUT2D eigenvalue weighted by molar-refractivity contribution is -0.130. The van der Waals surface area contributed by atoms with Gasteiger partial charge in [0, 0.05) is 18.2 Å². The van der Waals surface area contributed by atoms with Crippen molar-refractivity contribution < 1.29 is 27.9 Å². The summed E-state index contributed by atoms with van der Waals surface area (Å²) in [6.07, 6.45) is -0.670. The van der Waals surface area contributed by atoms with Crippen LogP contribution in [0.3, 0.4) is 0 Å². The van der Waals surface area contributed by atoms with E-state index >= 15 is 0 Å². The molecule has 0 unspecified atom stereocenters. The summed E-state index contributed by atoms with van der Waals surface area (Å²) in [6.45, 7) is 5.19. The first-order valence-electron chi connectivity index (χ1n) is 10.8. The fourth-order valence-electron chi connectivity index (χ4n) is 3.51. The van der Waals surface area contributed by atoms with Gasteiger partial charge in [0.25, 0.3) is 5.91 Å². The van der Waals surface area contributed by atoms with E-state index in [0.29, 0.717) is 5.56 Å². The van der Waals surface area contributed by atoms with Crippen molar-refractivity contribution in [1.29, 1.82) is 0 Å². The Hall–Kier alpha value is -3.60. The van der Waals surface area contributed by atoms with E-state index in [2.05, 4.69) is 20.9 Å². The molecule has 1 aromatic heterocycles. The molecular formula is C23H27F2N5O4. The quantitative estimate of drug-likeness (QED) is 0.568.